The number of carbonyl (C=O) groups excluding carboxylic acids is 2. The number of nitrogens with zero attached hydrogens (tertiary/aromatic N) is 3. The SMILES string of the molecule is CN(CCCNC(=O)CN1CCN(C(=O)c2ccccc2)CC1)c1ccccc1. The van der Waals surface area contributed by atoms with E-state index in [1.165, 1.54) is 5.69 Å². The van der Waals surface area contributed by atoms with Crippen molar-refractivity contribution in [2.75, 3.05) is 57.8 Å². The molecule has 0 radical (unpaired) electrons. The van der Waals surface area contributed by atoms with E-state index in [2.05, 4.69) is 34.3 Å². The number of benzene rings is 2. The molecular formula is C23H30N4O2. The van der Waals surface area contributed by atoms with Crippen LogP contribution in [-0.4, -0.2) is 74.5 Å². The first kappa shape index (κ1) is 20.9. The van der Waals surface area contributed by atoms with E-state index in [1.807, 2.05) is 53.4 Å². The molecule has 1 saturated heterocycles. The second kappa shape index (κ2) is 10.6. The number of amides is 2. The fraction of sp³-hybridized carbons (Fsp3) is 0.391. The van der Waals surface area contributed by atoms with Crippen LogP contribution >= 0.6 is 0 Å². The van der Waals surface area contributed by atoms with Crippen molar-refractivity contribution in [3.8, 4) is 0 Å². The average Bonchev–Trinajstić information content (AvgIpc) is 2.78. The minimum Gasteiger partial charge on any atom is -0.375 e. The number of carbonyl (C=O) groups is 2. The molecule has 0 spiro atoms. The molecule has 2 amide bonds. The van der Waals surface area contributed by atoms with E-state index in [0.717, 1.165) is 31.6 Å². The zero-order valence-electron chi connectivity index (χ0n) is 17.1. The highest BCUT2D eigenvalue weighted by Gasteiger charge is 2.23. The van der Waals surface area contributed by atoms with Gasteiger partial charge in [0.15, 0.2) is 0 Å². The number of piperazine rings is 1. The van der Waals surface area contributed by atoms with Crippen LogP contribution in [0.15, 0.2) is 60.7 Å². The molecule has 1 fully saturated rings. The second-order valence-electron chi connectivity index (χ2n) is 7.39. The number of rotatable bonds is 8. The van der Waals surface area contributed by atoms with Crippen LogP contribution in [0.3, 0.4) is 0 Å². The molecule has 0 unspecified atom stereocenters. The van der Waals surface area contributed by atoms with E-state index in [-0.39, 0.29) is 11.8 Å². The first-order chi connectivity index (χ1) is 14.1. The van der Waals surface area contributed by atoms with Gasteiger partial charge in [-0.1, -0.05) is 36.4 Å². The largest absolute Gasteiger partial charge is 0.375 e. The third-order valence-corrected chi connectivity index (χ3v) is 5.24. The van der Waals surface area contributed by atoms with Crippen LogP contribution in [-0.2, 0) is 4.79 Å². The summed E-state index contributed by atoms with van der Waals surface area (Å²) in [5.74, 6) is 0.118. The van der Waals surface area contributed by atoms with Gasteiger partial charge in [-0.15, -0.1) is 0 Å². The molecule has 29 heavy (non-hydrogen) atoms. The third kappa shape index (κ3) is 6.32. The molecule has 0 aromatic heterocycles. The van der Waals surface area contributed by atoms with Gasteiger partial charge < -0.3 is 15.1 Å². The molecule has 154 valence electrons. The second-order valence-corrected chi connectivity index (χ2v) is 7.39. The van der Waals surface area contributed by atoms with Gasteiger partial charge in [0.05, 0.1) is 6.54 Å². The Morgan fingerprint density at radius 2 is 1.55 bits per heavy atom. The van der Waals surface area contributed by atoms with E-state index in [1.54, 1.807) is 0 Å². The van der Waals surface area contributed by atoms with Crippen LogP contribution in [0.25, 0.3) is 0 Å². The number of para-hydroxylation sites is 1. The highest BCUT2D eigenvalue weighted by atomic mass is 16.2. The maximum atomic E-state index is 12.5. The van der Waals surface area contributed by atoms with Gasteiger partial charge in [-0.05, 0) is 30.7 Å². The van der Waals surface area contributed by atoms with Crippen molar-refractivity contribution < 1.29 is 9.59 Å². The topological polar surface area (TPSA) is 55.9 Å². The quantitative estimate of drug-likeness (QED) is 0.697. The lowest BCUT2D eigenvalue weighted by molar-refractivity contribution is -0.122. The molecule has 6 nitrogen and oxygen atoms in total. The average molecular weight is 395 g/mol. The van der Waals surface area contributed by atoms with Gasteiger partial charge in [-0.2, -0.15) is 0 Å². The van der Waals surface area contributed by atoms with Crippen molar-refractivity contribution in [1.82, 2.24) is 15.1 Å². The first-order valence-electron chi connectivity index (χ1n) is 10.2. The maximum Gasteiger partial charge on any atom is 0.253 e. The summed E-state index contributed by atoms with van der Waals surface area (Å²) in [4.78, 5) is 30.9. The van der Waals surface area contributed by atoms with E-state index < -0.39 is 0 Å². The number of anilines is 1. The number of hydrogen-bond acceptors (Lipinski definition) is 4. The van der Waals surface area contributed by atoms with Crippen molar-refractivity contribution in [3.05, 3.63) is 66.2 Å². The van der Waals surface area contributed by atoms with Crippen molar-refractivity contribution in [2.45, 2.75) is 6.42 Å². The molecule has 3 rings (SSSR count). The Morgan fingerprint density at radius 3 is 2.21 bits per heavy atom. The number of hydrogen-bond donors (Lipinski definition) is 1. The van der Waals surface area contributed by atoms with E-state index in [0.29, 0.717) is 26.2 Å². The Bertz CT molecular complexity index is 774. The van der Waals surface area contributed by atoms with Crippen molar-refractivity contribution in [2.24, 2.45) is 0 Å². The normalized spacial score (nSPS) is 14.4. The van der Waals surface area contributed by atoms with Crippen LogP contribution in [0.1, 0.15) is 16.8 Å². The molecule has 2 aromatic rings. The lowest BCUT2D eigenvalue weighted by Crippen LogP contribution is -2.51. The van der Waals surface area contributed by atoms with Crippen LogP contribution in [0, 0.1) is 0 Å². The molecule has 0 atom stereocenters. The lowest BCUT2D eigenvalue weighted by atomic mass is 10.2. The van der Waals surface area contributed by atoms with Crippen molar-refractivity contribution >= 4 is 17.5 Å². The Hall–Kier alpha value is -2.86. The molecular weight excluding hydrogens is 364 g/mol. The van der Waals surface area contributed by atoms with Gasteiger partial charge in [-0.25, -0.2) is 0 Å². The molecule has 1 aliphatic rings. The monoisotopic (exact) mass is 394 g/mol. The summed E-state index contributed by atoms with van der Waals surface area (Å²) in [5.41, 5.74) is 1.90. The van der Waals surface area contributed by atoms with E-state index >= 15 is 0 Å². The summed E-state index contributed by atoms with van der Waals surface area (Å²) in [6, 6.07) is 19.6. The van der Waals surface area contributed by atoms with Crippen LogP contribution in [0.4, 0.5) is 5.69 Å². The minimum atomic E-state index is 0.0511. The predicted molar refractivity (Wildman–Crippen MR) is 116 cm³/mol. The van der Waals surface area contributed by atoms with E-state index in [9.17, 15) is 9.59 Å². The van der Waals surface area contributed by atoms with Gasteiger partial charge in [-0.3, -0.25) is 14.5 Å². The fourth-order valence-electron chi connectivity index (χ4n) is 3.49. The summed E-state index contributed by atoms with van der Waals surface area (Å²) in [6.07, 6.45) is 0.899. The molecule has 0 bridgehead atoms. The molecule has 6 heteroatoms. The van der Waals surface area contributed by atoms with Gasteiger partial charge >= 0.3 is 0 Å². The van der Waals surface area contributed by atoms with Crippen LogP contribution < -0.4 is 10.2 Å². The van der Waals surface area contributed by atoms with Gasteiger partial charge in [0.1, 0.15) is 0 Å². The maximum absolute atomic E-state index is 12.5. The number of nitrogens with one attached hydrogen (secondary N) is 1. The Morgan fingerprint density at radius 1 is 0.931 bits per heavy atom. The molecule has 1 aliphatic heterocycles. The third-order valence-electron chi connectivity index (χ3n) is 5.24. The first-order valence-corrected chi connectivity index (χ1v) is 10.2. The van der Waals surface area contributed by atoms with Crippen molar-refractivity contribution in [1.29, 1.82) is 0 Å². The summed E-state index contributed by atoms with van der Waals surface area (Å²) in [6.45, 7) is 4.71. The molecule has 0 aliphatic carbocycles. The summed E-state index contributed by atoms with van der Waals surface area (Å²) >= 11 is 0. The van der Waals surface area contributed by atoms with Crippen LogP contribution in [0.5, 0.6) is 0 Å². The highest BCUT2D eigenvalue weighted by Crippen LogP contribution is 2.11. The van der Waals surface area contributed by atoms with Crippen LogP contribution in [0.2, 0.25) is 0 Å². The predicted octanol–water partition coefficient (Wildman–Crippen LogP) is 2.09. The lowest BCUT2D eigenvalue weighted by Gasteiger charge is -2.34. The Kier molecular flexibility index (Phi) is 7.64. The zero-order valence-corrected chi connectivity index (χ0v) is 17.1. The molecule has 1 heterocycles. The van der Waals surface area contributed by atoms with Crippen molar-refractivity contribution in [3.63, 3.8) is 0 Å². The van der Waals surface area contributed by atoms with Gasteiger partial charge in [0, 0.05) is 57.6 Å². The molecule has 0 saturated carbocycles. The van der Waals surface area contributed by atoms with E-state index in [4.69, 9.17) is 0 Å². The summed E-state index contributed by atoms with van der Waals surface area (Å²) in [7, 11) is 2.06. The smallest absolute Gasteiger partial charge is 0.253 e. The summed E-state index contributed by atoms with van der Waals surface area (Å²) in [5, 5.41) is 3.01. The Balaban J connectivity index is 1.31. The fourth-order valence-corrected chi connectivity index (χ4v) is 3.49. The Labute approximate surface area is 173 Å². The standard InChI is InChI=1S/C23H30N4O2/c1-25(21-11-6-3-7-12-21)14-8-13-24-22(28)19-26-15-17-27(18-16-26)23(29)20-9-4-2-5-10-20/h2-7,9-12H,8,13-19H2,1H3,(H,24,28). The summed E-state index contributed by atoms with van der Waals surface area (Å²) < 4.78 is 0. The van der Waals surface area contributed by atoms with Gasteiger partial charge in [0.25, 0.3) is 5.91 Å². The highest BCUT2D eigenvalue weighted by molar-refractivity contribution is 5.94. The molecule has 1 N–H and O–H groups in total. The minimum absolute atomic E-state index is 0.0511. The molecule has 2 aromatic carbocycles. The zero-order chi connectivity index (χ0) is 20.5. The van der Waals surface area contributed by atoms with Gasteiger partial charge in [0.2, 0.25) is 5.91 Å².